The second-order valence-electron chi connectivity index (χ2n) is 5.57. The maximum atomic E-state index is 5.74. The van der Waals surface area contributed by atoms with Crippen LogP contribution in [0.3, 0.4) is 0 Å². The van der Waals surface area contributed by atoms with Gasteiger partial charge in [0.25, 0.3) is 0 Å². The van der Waals surface area contributed by atoms with Crippen molar-refractivity contribution in [1.29, 1.82) is 0 Å². The van der Waals surface area contributed by atoms with Gasteiger partial charge in [-0.05, 0) is 25.0 Å². The van der Waals surface area contributed by atoms with Crippen molar-refractivity contribution < 1.29 is 14.2 Å². The Kier molecular flexibility index (Phi) is 4.18. The summed E-state index contributed by atoms with van der Waals surface area (Å²) in [6.07, 6.45) is 0.874. The molecule has 4 nitrogen and oxygen atoms in total. The van der Waals surface area contributed by atoms with E-state index in [1.165, 1.54) is 5.56 Å². The van der Waals surface area contributed by atoms with Crippen molar-refractivity contribution in [3.05, 3.63) is 53.1 Å². The fourth-order valence-corrected chi connectivity index (χ4v) is 3.12. The Bertz CT molecular complexity index is 759. The lowest BCUT2D eigenvalue weighted by Gasteiger charge is -2.23. The van der Waals surface area contributed by atoms with Crippen molar-refractivity contribution in [3.8, 4) is 17.2 Å². The second-order valence-corrected chi connectivity index (χ2v) is 5.57. The van der Waals surface area contributed by atoms with Gasteiger partial charge in [0.2, 0.25) is 12.5 Å². The fraction of sp³-hybridized carbons (Fsp3) is 0.278. The van der Waals surface area contributed by atoms with Crippen LogP contribution >= 0.6 is 12.4 Å². The van der Waals surface area contributed by atoms with Crippen LogP contribution in [0, 0.1) is 0 Å². The summed E-state index contributed by atoms with van der Waals surface area (Å²) in [6, 6.07) is 12.5. The molecule has 0 aliphatic carbocycles. The largest absolute Gasteiger partial charge is 0.493 e. The van der Waals surface area contributed by atoms with Gasteiger partial charge in [0.15, 0.2) is 11.5 Å². The quantitative estimate of drug-likeness (QED) is 0.843. The zero-order valence-electron chi connectivity index (χ0n) is 13.0. The number of halogens is 1. The molecule has 0 fully saturated rings. The highest BCUT2D eigenvalue weighted by atomic mass is 35.5. The summed E-state index contributed by atoms with van der Waals surface area (Å²) in [4.78, 5) is 4.87. The van der Waals surface area contributed by atoms with Crippen LogP contribution in [0.5, 0.6) is 17.2 Å². The zero-order valence-corrected chi connectivity index (χ0v) is 13.9. The van der Waals surface area contributed by atoms with Crippen LogP contribution in [0.1, 0.15) is 23.6 Å². The van der Waals surface area contributed by atoms with E-state index in [4.69, 9.17) is 19.2 Å². The summed E-state index contributed by atoms with van der Waals surface area (Å²) in [5.74, 6) is 2.16. The number of hydrogen-bond acceptors (Lipinski definition) is 4. The van der Waals surface area contributed by atoms with Gasteiger partial charge < -0.3 is 14.2 Å². The normalized spacial score (nSPS) is 17.8. The van der Waals surface area contributed by atoms with Crippen LogP contribution < -0.4 is 14.2 Å². The predicted octanol–water partition coefficient (Wildman–Crippen LogP) is 3.63. The van der Waals surface area contributed by atoms with Gasteiger partial charge in [-0.3, -0.25) is 4.99 Å². The molecule has 0 aromatic heterocycles. The molecule has 0 saturated carbocycles. The minimum atomic E-state index is 0. The summed E-state index contributed by atoms with van der Waals surface area (Å²) >= 11 is 0. The van der Waals surface area contributed by atoms with Crippen molar-refractivity contribution in [2.45, 2.75) is 19.4 Å². The van der Waals surface area contributed by atoms with Gasteiger partial charge in [-0.2, -0.15) is 0 Å². The molecule has 0 radical (unpaired) electrons. The van der Waals surface area contributed by atoms with Gasteiger partial charge in [0, 0.05) is 5.56 Å². The molecular formula is C18H18ClNO3. The minimum absolute atomic E-state index is 0. The van der Waals surface area contributed by atoms with Gasteiger partial charge in [0.1, 0.15) is 0 Å². The number of fused-ring (bicyclic) bond motifs is 3. The molecule has 2 heterocycles. The molecule has 2 aromatic carbocycles. The Morgan fingerprint density at radius 2 is 1.87 bits per heavy atom. The smallest absolute Gasteiger partial charge is 0.231 e. The maximum absolute atomic E-state index is 5.74. The Hall–Kier alpha value is -2.20. The van der Waals surface area contributed by atoms with Crippen LogP contribution in [0.2, 0.25) is 0 Å². The monoisotopic (exact) mass is 331 g/mol. The van der Waals surface area contributed by atoms with Gasteiger partial charge >= 0.3 is 0 Å². The number of hydrogen-bond donors (Lipinski definition) is 0. The lowest BCUT2D eigenvalue weighted by molar-refractivity contribution is 0.171. The molecule has 1 unspecified atom stereocenters. The Balaban J connectivity index is 0.00000156. The summed E-state index contributed by atoms with van der Waals surface area (Å²) in [5, 5.41) is 0. The first kappa shape index (κ1) is 15.7. The topological polar surface area (TPSA) is 40.0 Å². The molecule has 0 spiro atoms. The van der Waals surface area contributed by atoms with Crippen LogP contribution in [0.4, 0.5) is 0 Å². The van der Waals surface area contributed by atoms with Crippen molar-refractivity contribution in [2.75, 3.05) is 13.9 Å². The van der Waals surface area contributed by atoms with Crippen molar-refractivity contribution in [1.82, 2.24) is 0 Å². The minimum Gasteiger partial charge on any atom is -0.493 e. The van der Waals surface area contributed by atoms with Crippen molar-refractivity contribution in [2.24, 2.45) is 4.99 Å². The summed E-state index contributed by atoms with van der Waals surface area (Å²) in [7, 11) is 1.65. The number of ether oxygens (including phenoxy) is 3. The predicted molar refractivity (Wildman–Crippen MR) is 91.6 cm³/mol. The highest BCUT2D eigenvalue weighted by molar-refractivity contribution is 6.16. The van der Waals surface area contributed by atoms with E-state index < -0.39 is 0 Å². The third-order valence-electron chi connectivity index (χ3n) is 4.06. The van der Waals surface area contributed by atoms with Gasteiger partial charge in [-0.25, -0.2) is 0 Å². The van der Waals surface area contributed by atoms with Gasteiger partial charge in [0.05, 0.1) is 24.4 Å². The molecule has 120 valence electrons. The van der Waals surface area contributed by atoms with E-state index in [1.807, 2.05) is 18.2 Å². The first-order valence-corrected chi connectivity index (χ1v) is 7.41. The van der Waals surface area contributed by atoms with E-state index in [0.29, 0.717) is 5.75 Å². The van der Waals surface area contributed by atoms with E-state index in [2.05, 4.69) is 25.1 Å². The molecule has 5 heteroatoms. The van der Waals surface area contributed by atoms with Crippen LogP contribution in [0.25, 0.3) is 0 Å². The molecule has 23 heavy (non-hydrogen) atoms. The second kappa shape index (κ2) is 6.13. The van der Waals surface area contributed by atoms with E-state index in [9.17, 15) is 0 Å². The molecule has 1 atom stereocenters. The Labute approximate surface area is 141 Å². The van der Waals surface area contributed by atoms with Crippen molar-refractivity contribution in [3.63, 3.8) is 0 Å². The maximum Gasteiger partial charge on any atom is 0.231 e. The molecule has 2 aliphatic heterocycles. The van der Waals surface area contributed by atoms with E-state index in [-0.39, 0.29) is 25.2 Å². The number of nitrogens with zero attached hydrogens (tertiary/aromatic N) is 1. The molecule has 4 rings (SSSR count). The zero-order chi connectivity index (χ0) is 15.1. The Morgan fingerprint density at radius 3 is 2.61 bits per heavy atom. The van der Waals surface area contributed by atoms with E-state index in [0.717, 1.165) is 34.8 Å². The van der Waals surface area contributed by atoms with Gasteiger partial charge in [-0.15, -0.1) is 12.4 Å². The van der Waals surface area contributed by atoms with E-state index >= 15 is 0 Å². The van der Waals surface area contributed by atoms with Crippen LogP contribution in [0.15, 0.2) is 41.4 Å². The van der Waals surface area contributed by atoms with Crippen LogP contribution in [-0.2, 0) is 6.42 Å². The molecule has 2 aromatic rings. The Morgan fingerprint density at radius 1 is 1.13 bits per heavy atom. The summed E-state index contributed by atoms with van der Waals surface area (Å²) in [5.41, 5.74) is 4.30. The standard InChI is InChI=1S/C18H17NO3.ClH/c1-11-8-13-9-14(20-2)17-18(22-10-21-17)15(13)16(19-11)12-6-4-3-5-7-12;/h3-7,9,11H,8,10H2,1-2H3;1H. The average Bonchev–Trinajstić information content (AvgIpc) is 3.03. The van der Waals surface area contributed by atoms with Gasteiger partial charge in [-0.1, -0.05) is 30.3 Å². The lowest BCUT2D eigenvalue weighted by Crippen LogP contribution is -2.20. The summed E-state index contributed by atoms with van der Waals surface area (Å²) < 4.78 is 16.8. The fourth-order valence-electron chi connectivity index (χ4n) is 3.12. The summed E-state index contributed by atoms with van der Waals surface area (Å²) in [6.45, 7) is 2.35. The molecule has 2 aliphatic rings. The first-order chi connectivity index (χ1) is 10.8. The molecule has 0 amide bonds. The average molecular weight is 332 g/mol. The number of methoxy groups -OCH3 is 1. The van der Waals surface area contributed by atoms with Crippen LogP contribution in [-0.4, -0.2) is 25.7 Å². The molecule has 0 N–H and O–H groups in total. The van der Waals surface area contributed by atoms with E-state index in [1.54, 1.807) is 7.11 Å². The first-order valence-electron chi connectivity index (χ1n) is 7.41. The number of rotatable bonds is 2. The highest BCUT2D eigenvalue weighted by Crippen LogP contribution is 2.47. The SMILES string of the molecule is COc1cc2c(c3c1OCO3)C(c1ccccc1)=NC(C)C2.Cl. The molecule has 0 bridgehead atoms. The number of aliphatic imine (C=N–C) groups is 1. The third-order valence-corrected chi connectivity index (χ3v) is 4.06. The molecular weight excluding hydrogens is 314 g/mol. The lowest BCUT2D eigenvalue weighted by atomic mass is 9.89. The third kappa shape index (κ3) is 2.53. The van der Waals surface area contributed by atoms with Crippen molar-refractivity contribution >= 4 is 18.1 Å². The number of benzene rings is 2. The highest BCUT2D eigenvalue weighted by Gasteiger charge is 2.31. The molecule has 0 saturated heterocycles.